The van der Waals surface area contributed by atoms with E-state index in [0.717, 1.165) is 0 Å². The molecule has 0 saturated heterocycles. The lowest BCUT2D eigenvalue weighted by Gasteiger charge is -2.06. The summed E-state index contributed by atoms with van der Waals surface area (Å²) in [6, 6.07) is 10.2. The number of rotatable bonds is 5. The number of nitrogens with zero attached hydrogens (tertiary/aromatic N) is 1. The highest BCUT2D eigenvalue weighted by molar-refractivity contribution is 6.10. The number of ketones is 1. The normalized spacial score (nSPS) is 9.85. The van der Waals surface area contributed by atoms with E-state index in [1.165, 1.54) is 6.20 Å². The van der Waals surface area contributed by atoms with Crippen molar-refractivity contribution in [2.75, 3.05) is 12.4 Å². The standard InChI is InChI=1S/C15H14N2O3/c1-20-13-6-4-12(5-7-13)17-15(19)9-14(18)11-3-2-8-16-10-11/h2-8,10H,9H2,1H3,(H,17,19). The van der Waals surface area contributed by atoms with E-state index in [1.807, 2.05) is 0 Å². The quantitative estimate of drug-likeness (QED) is 0.668. The molecule has 5 nitrogen and oxygen atoms in total. The van der Waals surface area contributed by atoms with Crippen molar-refractivity contribution < 1.29 is 14.3 Å². The Bertz CT molecular complexity index is 594. The number of amides is 1. The van der Waals surface area contributed by atoms with Crippen molar-refractivity contribution in [1.29, 1.82) is 0 Å². The van der Waals surface area contributed by atoms with Crippen molar-refractivity contribution in [1.82, 2.24) is 4.98 Å². The van der Waals surface area contributed by atoms with E-state index in [4.69, 9.17) is 4.74 Å². The van der Waals surface area contributed by atoms with Crippen LogP contribution in [0, 0.1) is 0 Å². The number of ether oxygens (including phenoxy) is 1. The van der Waals surface area contributed by atoms with Gasteiger partial charge in [0.05, 0.1) is 13.5 Å². The second-order valence-electron chi connectivity index (χ2n) is 4.12. The molecule has 0 atom stereocenters. The van der Waals surface area contributed by atoms with Gasteiger partial charge in [-0.15, -0.1) is 0 Å². The first-order valence-electron chi connectivity index (χ1n) is 6.06. The summed E-state index contributed by atoms with van der Waals surface area (Å²) in [6.07, 6.45) is 2.81. The number of hydrogen-bond acceptors (Lipinski definition) is 4. The van der Waals surface area contributed by atoms with Gasteiger partial charge in [0, 0.05) is 23.6 Å². The van der Waals surface area contributed by atoms with Crippen LogP contribution in [0.1, 0.15) is 16.8 Å². The van der Waals surface area contributed by atoms with Crippen LogP contribution in [0.2, 0.25) is 0 Å². The van der Waals surface area contributed by atoms with Crippen LogP contribution in [0.5, 0.6) is 5.75 Å². The van der Waals surface area contributed by atoms with E-state index in [9.17, 15) is 9.59 Å². The third-order valence-electron chi connectivity index (χ3n) is 2.68. The number of carbonyl (C=O) groups excluding carboxylic acids is 2. The SMILES string of the molecule is COc1ccc(NC(=O)CC(=O)c2cccnc2)cc1. The summed E-state index contributed by atoms with van der Waals surface area (Å²) in [6.45, 7) is 0. The topological polar surface area (TPSA) is 68.3 Å². The van der Waals surface area contributed by atoms with Gasteiger partial charge in [-0.1, -0.05) is 0 Å². The molecule has 1 aromatic heterocycles. The second-order valence-corrected chi connectivity index (χ2v) is 4.12. The molecule has 2 rings (SSSR count). The maximum atomic E-state index is 11.8. The molecule has 1 aromatic carbocycles. The van der Waals surface area contributed by atoms with Crippen LogP contribution in [0.4, 0.5) is 5.69 Å². The minimum atomic E-state index is -0.357. The molecular formula is C15H14N2O3. The van der Waals surface area contributed by atoms with Gasteiger partial charge in [0.15, 0.2) is 5.78 Å². The lowest BCUT2D eigenvalue weighted by atomic mass is 10.1. The zero-order valence-electron chi connectivity index (χ0n) is 11.0. The highest BCUT2D eigenvalue weighted by atomic mass is 16.5. The first-order valence-corrected chi connectivity index (χ1v) is 6.06. The number of pyridine rings is 1. The lowest BCUT2D eigenvalue weighted by molar-refractivity contribution is -0.115. The maximum absolute atomic E-state index is 11.8. The Morgan fingerprint density at radius 2 is 1.95 bits per heavy atom. The maximum Gasteiger partial charge on any atom is 0.232 e. The van der Waals surface area contributed by atoms with Crippen LogP contribution in [0.15, 0.2) is 48.8 Å². The van der Waals surface area contributed by atoms with Gasteiger partial charge < -0.3 is 10.1 Å². The molecule has 0 bridgehead atoms. The Labute approximate surface area is 116 Å². The average Bonchev–Trinajstić information content (AvgIpc) is 2.49. The smallest absolute Gasteiger partial charge is 0.232 e. The third kappa shape index (κ3) is 3.65. The molecule has 102 valence electrons. The average molecular weight is 270 g/mol. The van der Waals surface area contributed by atoms with Crippen molar-refractivity contribution in [2.45, 2.75) is 6.42 Å². The van der Waals surface area contributed by atoms with Gasteiger partial charge in [-0.05, 0) is 36.4 Å². The molecule has 0 aliphatic rings. The molecule has 20 heavy (non-hydrogen) atoms. The van der Waals surface area contributed by atoms with Gasteiger partial charge in [-0.2, -0.15) is 0 Å². The lowest BCUT2D eigenvalue weighted by Crippen LogP contribution is -2.16. The van der Waals surface area contributed by atoms with Crippen molar-refractivity contribution in [3.63, 3.8) is 0 Å². The van der Waals surface area contributed by atoms with Crippen molar-refractivity contribution in [3.05, 3.63) is 54.4 Å². The zero-order chi connectivity index (χ0) is 14.4. The Hall–Kier alpha value is -2.69. The van der Waals surface area contributed by atoms with E-state index in [0.29, 0.717) is 17.0 Å². The fourth-order valence-electron chi connectivity index (χ4n) is 1.66. The molecule has 1 amide bonds. The number of hydrogen-bond donors (Lipinski definition) is 1. The fourth-order valence-corrected chi connectivity index (χ4v) is 1.66. The molecule has 0 radical (unpaired) electrons. The van der Waals surface area contributed by atoms with E-state index in [1.54, 1.807) is 49.7 Å². The number of aromatic nitrogens is 1. The van der Waals surface area contributed by atoms with Gasteiger partial charge in [0.25, 0.3) is 0 Å². The van der Waals surface area contributed by atoms with Crippen LogP contribution >= 0.6 is 0 Å². The van der Waals surface area contributed by atoms with Crippen molar-refractivity contribution in [2.24, 2.45) is 0 Å². The van der Waals surface area contributed by atoms with Gasteiger partial charge in [0.1, 0.15) is 5.75 Å². The Balaban J connectivity index is 1.93. The van der Waals surface area contributed by atoms with Crippen LogP contribution < -0.4 is 10.1 Å². The molecule has 2 aromatic rings. The van der Waals surface area contributed by atoms with Gasteiger partial charge in [0.2, 0.25) is 5.91 Å². The fraction of sp³-hybridized carbons (Fsp3) is 0.133. The second kappa shape index (κ2) is 6.47. The van der Waals surface area contributed by atoms with Crippen molar-refractivity contribution in [3.8, 4) is 5.75 Å². The molecule has 5 heteroatoms. The monoisotopic (exact) mass is 270 g/mol. The van der Waals surface area contributed by atoms with E-state index in [2.05, 4.69) is 10.3 Å². The van der Waals surface area contributed by atoms with Gasteiger partial charge >= 0.3 is 0 Å². The van der Waals surface area contributed by atoms with Crippen LogP contribution in [-0.4, -0.2) is 23.8 Å². The number of methoxy groups -OCH3 is 1. The minimum absolute atomic E-state index is 0.211. The summed E-state index contributed by atoms with van der Waals surface area (Å²) < 4.78 is 5.02. The number of anilines is 1. The first-order chi connectivity index (χ1) is 9.69. The summed E-state index contributed by atoms with van der Waals surface area (Å²) in [7, 11) is 1.57. The summed E-state index contributed by atoms with van der Waals surface area (Å²) in [4.78, 5) is 27.4. The summed E-state index contributed by atoms with van der Waals surface area (Å²) in [5.74, 6) is 0.0857. The zero-order valence-corrected chi connectivity index (χ0v) is 11.0. The molecule has 0 saturated carbocycles. The Morgan fingerprint density at radius 1 is 1.20 bits per heavy atom. The highest BCUT2D eigenvalue weighted by Gasteiger charge is 2.11. The summed E-state index contributed by atoms with van der Waals surface area (Å²) in [5.41, 5.74) is 1.05. The van der Waals surface area contributed by atoms with Crippen molar-refractivity contribution >= 4 is 17.4 Å². The number of nitrogens with one attached hydrogen (secondary N) is 1. The molecule has 0 spiro atoms. The molecule has 0 aliphatic heterocycles. The summed E-state index contributed by atoms with van der Waals surface area (Å²) in [5, 5.41) is 2.66. The van der Waals surface area contributed by atoms with E-state index >= 15 is 0 Å². The molecule has 0 fully saturated rings. The van der Waals surface area contributed by atoms with Crippen LogP contribution in [0.25, 0.3) is 0 Å². The molecule has 0 aliphatic carbocycles. The largest absolute Gasteiger partial charge is 0.497 e. The van der Waals surface area contributed by atoms with E-state index in [-0.39, 0.29) is 18.1 Å². The molecule has 1 heterocycles. The molecule has 1 N–H and O–H groups in total. The van der Waals surface area contributed by atoms with Gasteiger partial charge in [-0.3, -0.25) is 14.6 Å². The predicted molar refractivity (Wildman–Crippen MR) is 74.8 cm³/mol. The summed E-state index contributed by atoms with van der Waals surface area (Å²) >= 11 is 0. The van der Waals surface area contributed by atoms with Crippen LogP contribution in [0.3, 0.4) is 0 Å². The number of benzene rings is 1. The number of Topliss-reactive ketones (excluding diaryl/α,β-unsaturated/α-hetero) is 1. The minimum Gasteiger partial charge on any atom is -0.497 e. The van der Waals surface area contributed by atoms with Gasteiger partial charge in [-0.25, -0.2) is 0 Å². The van der Waals surface area contributed by atoms with Crippen LogP contribution in [-0.2, 0) is 4.79 Å². The number of carbonyl (C=O) groups is 2. The Morgan fingerprint density at radius 3 is 2.55 bits per heavy atom. The molecule has 0 unspecified atom stereocenters. The molecular weight excluding hydrogens is 256 g/mol. The Kier molecular flexibility index (Phi) is 4.44. The predicted octanol–water partition coefficient (Wildman–Crippen LogP) is 2.30. The van der Waals surface area contributed by atoms with E-state index < -0.39 is 0 Å². The third-order valence-corrected chi connectivity index (χ3v) is 2.68. The highest BCUT2D eigenvalue weighted by Crippen LogP contribution is 2.15. The first kappa shape index (κ1) is 13.7.